The SMILES string of the molecule is Cc1ccnc(N2CCOC(C(=O)O)C2)c1[N+](=O)[O-]. The van der Waals surface area contributed by atoms with Gasteiger partial charge in [0, 0.05) is 18.3 Å². The summed E-state index contributed by atoms with van der Waals surface area (Å²) in [6, 6.07) is 1.55. The number of carbonyl (C=O) groups is 1. The third-order valence-electron chi connectivity index (χ3n) is 2.93. The molecule has 0 saturated carbocycles. The molecule has 8 heteroatoms. The van der Waals surface area contributed by atoms with E-state index in [9.17, 15) is 14.9 Å². The summed E-state index contributed by atoms with van der Waals surface area (Å²) in [5.74, 6) is -0.889. The Morgan fingerprint density at radius 3 is 3.05 bits per heavy atom. The summed E-state index contributed by atoms with van der Waals surface area (Å²) < 4.78 is 5.08. The Kier molecular flexibility index (Phi) is 3.61. The molecule has 0 amide bonds. The number of hydrogen-bond acceptors (Lipinski definition) is 6. The zero-order valence-electron chi connectivity index (χ0n) is 10.3. The second-order valence-electron chi connectivity index (χ2n) is 4.20. The highest BCUT2D eigenvalue weighted by molar-refractivity contribution is 5.74. The van der Waals surface area contributed by atoms with Gasteiger partial charge in [-0.15, -0.1) is 0 Å². The lowest BCUT2D eigenvalue weighted by atomic mass is 10.2. The van der Waals surface area contributed by atoms with Crippen LogP contribution in [0.3, 0.4) is 0 Å². The lowest BCUT2D eigenvalue weighted by molar-refractivity contribution is -0.384. The topological polar surface area (TPSA) is 106 Å². The van der Waals surface area contributed by atoms with Gasteiger partial charge in [-0.3, -0.25) is 10.1 Å². The maximum absolute atomic E-state index is 11.1. The summed E-state index contributed by atoms with van der Waals surface area (Å²) in [7, 11) is 0. The van der Waals surface area contributed by atoms with Gasteiger partial charge >= 0.3 is 11.7 Å². The number of morpholine rings is 1. The molecule has 1 fully saturated rings. The van der Waals surface area contributed by atoms with Gasteiger partial charge in [0.15, 0.2) is 6.10 Å². The van der Waals surface area contributed by atoms with E-state index in [0.717, 1.165) is 0 Å². The van der Waals surface area contributed by atoms with Crippen LogP contribution in [0.1, 0.15) is 5.56 Å². The first-order valence-electron chi connectivity index (χ1n) is 5.70. The number of aryl methyl sites for hydroxylation is 1. The van der Waals surface area contributed by atoms with Gasteiger partial charge in [0.05, 0.1) is 18.1 Å². The minimum Gasteiger partial charge on any atom is -0.479 e. The molecular formula is C11H13N3O5. The van der Waals surface area contributed by atoms with E-state index >= 15 is 0 Å². The van der Waals surface area contributed by atoms with E-state index < -0.39 is 17.0 Å². The Morgan fingerprint density at radius 2 is 2.42 bits per heavy atom. The molecule has 1 aromatic heterocycles. The summed E-state index contributed by atoms with van der Waals surface area (Å²) in [4.78, 5) is 27.1. The highest BCUT2D eigenvalue weighted by Gasteiger charge is 2.31. The average Bonchev–Trinajstić information content (AvgIpc) is 2.38. The molecule has 8 nitrogen and oxygen atoms in total. The van der Waals surface area contributed by atoms with Gasteiger partial charge in [0.2, 0.25) is 5.82 Å². The minimum atomic E-state index is -1.08. The summed E-state index contributed by atoms with van der Waals surface area (Å²) in [5, 5.41) is 20.0. The predicted octanol–water partition coefficient (Wildman–Crippen LogP) is 0.588. The van der Waals surface area contributed by atoms with E-state index in [0.29, 0.717) is 12.1 Å². The molecule has 1 saturated heterocycles. The monoisotopic (exact) mass is 267 g/mol. The number of anilines is 1. The van der Waals surface area contributed by atoms with Crippen molar-refractivity contribution in [2.24, 2.45) is 0 Å². The van der Waals surface area contributed by atoms with E-state index in [1.807, 2.05) is 0 Å². The zero-order chi connectivity index (χ0) is 14.0. The van der Waals surface area contributed by atoms with Crippen LogP contribution in [0.2, 0.25) is 0 Å². The first-order chi connectivity index (χ1) is 9.00. The van der Waals surface area contributed by atoms with Crippen LogP contribution in [0.4, 0.5) is 11.5 Å². The molecule has 0 radical (unpaired) electrons. The van der Waals surface area contributed by atoms with Gasteiger partial charge < -0.3 is 14.7 Å². The maximum Gasteiger partial charge on any atom is 0.334 e. The molecule has 1 aliphatic rings. The van der Waals surface area contributed by atoms with Crippen molar-refractivity contribution in [2.75, 3.05) is 24.6 Å². The summed E-state index contributed by atoms with van der Waals surface area (Å²) in [5.41, 5.74) is 0.405. The summed E-state index contributed by atoms with van der Waals surface area (Å²) in [6.45, 7) is 2.25. The number of aliphatic carboxylic acids is 1. The normalized spacial score (nSPS) is 19.2. The molecule has 1 atom stereocenters. The fraction of sp³-hybridized carbons (Fsp3) is 0.455. The number of aromatic nitrogens is 1. The molecule has 2 rings (SSSR count). The number of nitro groups is 1. The van der Waals surface area contributed by atoms with Crippen molar-refractivity contribution in [3.63, 3.8) is 0 Å². The number of ether oxygens (including phenoxy) is 1. The number of carboxylic acids is 1. The molecule has 1 aromatic rings. The second kappa shape index (κ2) is 5.19. The van der Waals surface area contributed by atoms with Crippen molar-refractivity contribution < 1.29 is 19.6 Å². The lowest BCUT2D eigenvalue weighted by Crippen LogP contribution is -2.46. The quantitative estimate of drug-likeness (QED) is 0.630. The van der Waals surface area contributed by atoms with E-state index in [-0.39, 0.29) is 24.7 Å². The predicted molar refractivity (Wildman–Crippen MR) is 65.2 cm³/mol. The largest absolute Gasteiger partial charge is 0.479 e. The molecule has 0 aromatic carbocycles. The van der Waals surface area contributed by atoms with Gasteiger partial charge in [-0.2, -0.15) is 0 Å². The van der Waals surface area contributed by atoms with Crippen molar-refractivity contribution >= 4 is 17.5 Å². The zero-order valence-corrected chi connectivity index (χ0v) is 10.3. The van der Waals surface area contributed by atoms with Crippen molar-refractivity contribution in [2.45, 2.75) is 13.0 Å². The third-order valence-corrected chi connectivity index (χ3v) is 2.93. The van der Waals surface area contributed by atoms with Gasteiger partial charge in [-0.05, 0) is 13.0 Å². The first kappa shape index (κ1) is 13.2. The van der Waals surface area contributed by atoms with E-state index in [1.165, 1.54) is 6.20 Å². The van der Waals surface area contributed by atoms with Gasteiger partial charge in [0.25, 0.3) is 0 Å². The molecule has 1 unspecified atom stereocenters. The molecule has 19 heavy (non-hydrogen) atoms. The van der Waals surface area contributed by atoms with Crippen LogP contribution in [-0.4, -0.2) is 46.8 Å². The lowest BCUT2D eigenvalue weighted by Gasteiger charge is -2.31. The van der Waals surface area contributed by atoms with Gasteiger partial charge in [0.1, 0.15) is 0 Å². The second-order valence-corrected chi connectivity index (χ2v) is 4.20. The molecule has 1 N–H and O–H groups in total. The highest BCUT2D eigenvalue weighted by Crippen LogP contribution is 2.29. The van der Waals surface area contributed by atoms with Gasteiger partial charge in [-0.25, -0.2) is 9.78 Å². The van der Waals surface area contributed by atoms with Crippen molar-refractivity contribution in [3.8, 4) is 0 Å². The number of pyridine rings is 1. The average molecular weight is 267 g/mol. The van der Waals surface area contributed by atoms with Crippen LogP contribution in [0.15, 0.2) is 12.3 Å². The van der Waals surface area contributed by atoms with E-state index in [2.05, 4.69) is 4.98 Å². The van der Waals surface area contributed by atoms with Crippen LogP contribution >= 0.6 is 0 Å². The van der Waals surface area contributed by atoms with Crippen LogP contribution in [0.25, 0.3) is 0 Å². The molecule has 0 spiro atoms. The Bertz CT molecular complexity index is 519. The Hall–Kier alpha value is -2.22. The first-order valence-corrected chi connectivity index (χ1v) is 5.70. The molecule has 0 aliphatic carbocycles. The molecule has 1 aliphatic heterocycles. The Balaban J connectivity index is 2.34. The van der Waals surface area contributed by atoms with Crippen LogP contribution in [0.5, 0.6) is 0 Å². The Morgan fingerprint density at radius 1 is 1.68 bits per heavy atom. The number of rotatable bonds is 3. The molecule has 0 bridgehead atoms. The fourth-order valence-corrected chi connectivity index (χ4v) is 1.98. The smallest absolute Gasteiger partial charge is 0.334 e. The minimum absolute atomic E-state index is 0.0482. The fourth-order valence-electron chi connectivity index (χ4n) is 1.98. The van der Waals surface area contributed by atoms with Crippen molar-refractivity contribution in [1.82, 2.24) is 4.98 Å². The summed E-state index contributed by atoms with van der Waals surface area (Å²) >= 11 is 0. The van der Waals surface area contributed by atoms with Crippen molar-refractivity contribution in [3.05, 3.63) is 27.9 Å². The van der Waals surface area contributed by atoms with E-state index in [4.69, 9.17) is 9.84 Å². The molecular weight excluding hydrogens is 254 g/mol. The highest BCUT2D eigenvalue weighted by atomic mass is 16.6. The molecule has 102 valence electrons. The van der Waals surface area contributed by atoms with Crippen LogP contribution < -0.4 is 4.90 Å². The van der Waals surface area contributed by atoms with E-state index in [1.54, 1.807) is 17.9 Å². The number of nitrogens with zero attached hydrogens (tertiary/aromatic N) is 3. The third kappa shape index (κ3) is 2.63. The van der Waals surface area contributed by atoms with Crippen LogP contribution in [0, 0.1) is 17.0 Å². The Labute approximate surface area is 108 Å². The van der Waals surface area contributed by atoms with Crippen molar-refractivity contribution in [1.29, 1.82) is 0 Å². The maximum atomic E-state index is 11.1. The number of carboxylic acid groups (broad SMARTS) is 1. The number of hydrogen-bond donors (Lipinski definition) is 1. The summed E-state index contributed by atoms with van der Waals surface area (Å²) in [6.07, 6.45) is 0.485. The standard InChI is InChI=1S/C11H13N3O5/c1-7-2-3-12-10(9(7)14(17)18)13-4-5-19-8(6-13)11(15)16/h2-3,8H,4-6H2,1H3,(H,15,16). The molecule has 2 heterocycles. The van der Waals surface area contributed by atoms with Gasteiger partial charge in [-0.1, -0.05) is 0 Å². The van der Waals surface area contributed by atoms with Crippen LogP contribution in [-0.2, 0) is 9.53 Å².